The molecule has 0 aliphatic carbocycles. The summed E-state index contributed by atoms with van der Waals surface area (Å²) in [5.41, 5.74) is 3.08. The minimum atomic E-state index is -0.375. The number of fused-ring (bicyclic) bond motifs is 1. The first-order chi connectivity index (χ1) is 16.0. The molecule has 0 bridgehead atoms. The first kappa shape index (κ1) is 22.8. The fraction of sp³-hybridized carbons (Fsp3) is 0.120. The number of aromatic amines is 1. The molecule has 3 aromatic carbocycles. The van der Waals surface area contributed by atoms with Gasteiger partial charge in [0.1, 0.15) is 24.3 Å². The molecule has 0 fully saturated rings. The van der Waals surface area contributed by atoms with Crippen molar-refractivity contribution in [3.63, 3.8) is 0 Å². The summed E-state index contributed by atoms with van der Waals surface area (Å²) in [7, 11) is 0. The van der Waals surface area contributed by atoms with Crippen LogP contribution in [0.1, 0.15) is 23.9 Å². The van der Waals surface area contributed by atoms with E-state index in [2.05, 4.69) is 32.0 Å². The number of hydrogen-bond donors (Lipinski definition) is 1. The van der Waals surface area contributed by atoms with Crippen molar-refractivity contribution in [1.82, 2.24) is 9.97 Å². The predicted molar refractivity (Wildman–Crippen MR) is 131 cm³/mol. The van der Waals surface area contributed by atoms with Crippen LogP contribution < -0.4 is 9.47 Å². The maximum Gasteiger partial charge on any atom is 0.175 e. The molecule has 0 saturated heterocycles. The van der Waals surface area contributed by atoms with E-state index in [-0.39, 0.29) is 5.82 Å². The molecular formula is C25H18BrClFN3O2. The van der Waals surface area contributed by atoms with Gasteiger partial charge in [-0.3, -0.25) is 0 Å². The van der Waals surface area contributed by atoms with Gasteiger partial charge in [-0.25, -0.2) is 9.37 Å². The first-order valence-corrected chi connectivity index (χ1v) is 11.2. The lowest BCUT2D eigenvalue weighted by molar-refractivity contribution is 0.267. The molecule has 33 heavy (non-hydrogen) atoms. The van der Waals surface area contributed by atoms with Gasteiger partial charge in [-0.2, -0.15) is 5.26 Å². The Morgan fingerprint density at radius 3 is 2.70 bits per heavy atom. The number of rotatable bonds is 7. The third-order valence-electron chi connectivity index (χ3n) is 4.76. The summed E-state index contributed by atoms with van der Waals surface area (Å²) in [6.07, 6.45) is 1.68. The molecule has 5 nitrogen and oxygen atoms in total. The van der Waals surface area contributed by atoms with E-state index in [1.807, 2.05) is 37.3 Å². The summed E-state index contributed by atoms with van der Waals surface area (Å²) >= 11 is 9.50. The van der Waals surface area contributed by atoms with E-state index in [1.165, 1.54) is 12.1 Å². The van der Waals surface area contributed by atoms with Gasteiger partial charge in [0.25, 0.3) is 0 Å². The Balaban J connectivity index is 1.65. The number of imidazole rings is 1. The summed E-state index contributed by atoms with van der Waals surface area (Å²) in [5.74, 6) is 1.08. The van der Waals surface area contributed by atoms with Crippen molar-refractivity contribution in [3.8, 4) is 17.6 Å². The van der Waals surface area contributed by atoms with Gasteiger partial charge in [-0.1, -0.05) is 23.7 Å². The van der Waals surface area contributed by atoms with Crippen molar-refractivity contribution < 1.29 is 13.9 Å². The summed E-state index contributed by atoms with van der Waals surface area (Å²) in [5, 5.41) is 10.4. The topological polar surface area (TPSA) is 70.9 Å². The number of nitriles is 1. The number of ether oxygens (including phenoxy) is 2. The van der Waals surface area contributed by atoms with Crippen LogP contribution in [-0.4, -0.2) is 16.6 Å². The number of nitrogens with one attached hydrogen (secondary N) is 1. The quantitative estimate of drug-likeness (QED) is 0.259. The molecule has 1 heterocycles. The molecule has 0 saturated carbocycles. The van der Waals surface area contributed by atoms with E-state index in [0.717, 1.165) is 5.56 Å². The van der Waals surface area contributed by atoms with Crippen molar-refractivity contribution >= 4 is 50.2 Å². The fourth-order valence-corrected chi connectivity index (χ4v) is 3.94. The Morgan fingerprint density at radius 1 is 1.18 bits per heavy atom. The standard InChI is InChI=1S/C25H18BrClFN3O2/c1-2-32-23-11-16(10-20(26)24(23)33-14-15-3-5-18(27)6-4-15)9-17(13-29)25-30-21-8-7-19(28)12-22(21)31-25/h3-12H,2,14H2,1H3,(H,30,31)/b17-9-. The van der Waals surface area contributed by atoms with Gasteiger partial charge in [0.15, 0.2) is 11.5 Å². The molecule has 0 spiro atoms. The second-order valence-electron chi connectivity index (χ2n) is 7.09. The molecule has 0 aliphatic heterocycles. The molecule has 0 radical (unpaired) electrons. The van der Waals surface area contributed by atoms with E-state index in [1.54, 1.807) is 18.2 Å². The van der Waals surface area contributed by atoms with Crippen molar-refractivity contribution in [2.75, 3.05) is 6.61 Å². The van der Waals surface area contributed by atoms with Gasteiger partial charge in [0, 0.05) is 5.02 Å². The number of aromatic nitrogens is 2. The zero-order valence-electron chi connectivity index (χ0n) is 17.5. The lowest BCUT2D eigenvalue weighted by Crippen LogP contribution is -2.01. The van der Waals surface area contributed by atoms with Crippen LogP contribution in [0.15, 0.2) is 59.1 Å². The SMILES string of the molecule is CCOc1cc(/C=C(/C#N)c2nc3ccc(F)cc3[nH]2)cc(Br)c1OCc1ccc(Cl)cc1. The van der Waals surface area contributed by atoms with Gasteiger partial charge < -0.3 is 14.5 Å². The highest BCUT2D eigenvalue weighted by atomic mass is 79.9. The lowest BCUT2D eigenvalue weighted by Gasteiger charge is -2.15. The second-order valence-corrected chi connectivity index (χ2v) is 8.39. The van der Waals surface area contributed by atoms with Crippen molar-refractivity contribution in [3.05, 3.63) is 86.9 Å². The monoisotopic (exact) mass is 525 g/mol. The molecular weight excluding hydrogens is 509 g/mol. The molecule has 0 atom stereocenters. The van der Waals surface area contributed by atoms with Crippen LogP contribution in [0.4, 0.5) is 4.39 Å². The van der Waals surface area contributed by atoms with Crippen LogP contribution in [0.2, 0.25) is 5.02 Å². The van der Waals surface area contributed by atoms with Crippen LogP contribution in [0.3, 0.4) is 0 Å². The maximum atomic E-state index is 13.5. The Hall–Kier alpha value is -3.34. The van der Waals surface area contributed by atoms with Crippen molar-refractivity contribution in [1.29, 1.82) is 5.26 Å². The summed E-state index contributed by atoms with van der Waals surface area (Å²) in [6, 6.07) is 17.4. The lowest BCUT2D eigenvalue weighted by atomic mass is 10.1. The third kappa shape index (κ3) is 5.36. The molecule has 166 valence electrons. The highest BCUT2D eigenvalue weighted by Gasteiger charge is 2.14. The van der Waals surface area contributed by atoms with Crippen LogP contribution in [0.5, 0.6) is 11.5 Å². The highest BCUT2D eigenvalue weighted by Crippen LogP contribution is 2.38. The molecule has 0 amide bonds. The molecule has 8 heteroatoms. The van der Waals surface area contributed by atoms with E-state index in [0.29, 0.717) is 62.2 Å². The van der Waals surface area contributed by atoms with Gasteiger partial charge in [-0.05, 0) is 82.5 Å². The average molecular weight is 527 g/mol. The number of halogens is 3. The zero-order chi connectivity index (χ0) is 23.4. The number of allylic oxidation sites excluding steroid dienone is 1. The summed E-state index contributed by atoms with van der Waals surface area (Å²) in [6.45, 7) is 2.66. The zero-order valence-corrected chi connectivity index (χ0v) is 19.9. The number of nitrogens with zero attached hydrogens (tertiary/aromatic N) is 2. The van der Waals surface area contributed by atoms with Crippen molar-refractivity contribution in [2.45, 2.75) is 13.5 Å². The largest absolute Gasteiger partial charge is 0.490 e. The normalized spacial score (nSPS) is 11.4. The average Bonchev–Trinajstić information content (AvgIpc) is 3.21. The molecule has 1 aromatic heterocycles. The van der Waals surface area contributed by atoms with E-state index < -0.39 is 0 Å². The smallest absolute Gasteiger partial charge is 0.175 e. The minimum absolute atomic E-state index is 0.302. The van der Waals surface area contributed by atoms with Gasteiger partial charge >= 0.3 is 0 Å². The minimum Gasteiger partial charge on any atom is -0.490 e. The number of H-pyrrole nitrogens is 1. The van der Waals surface area contributed by atoms with Crippen LogP contribution in [0, 0.1) is 17.1 Å². The Bertz CT molecular complexity index is 1380. The van der Waals surface area contributed by atoms with Gasteiger partial charge in [0.2, 0.25) is 0 Å². The van der Waals surface area contributed by atoms with Crippen molar-refractivity contribution in [2.24, 2.45) is 0 Å². The number of hydrogen-bond acceptors (Lipinski definition) is 4. The summed E-state index contributed by atoms with van der Waals surface area (Å²) in [4.78, 5) is 7.40. The maximum absolute atomic E-state index is 13.5. The van der Waals surface area contributed by atoms with Gasteiger partial charge in [0.05, 0.1) is 27.7 Å². The van der Waals surface area contributed by atoms with Crippen LogP contribution in [-0.2, 0) is 6.61 Å². The molecule has 4 rings (SSSR count). The Labute approximate surface area is 203 Å². The Kier molecular flexibility index (Phi) is 6.97. The summed E-state index contributed by atoms with van der Waals surface area (Å²) < 4.78 is 26.0. The second kappa shape index (κ2) is 10.1. The van der Waals surface area contributed by atoms with E-state index in [9.17, 15) is 9.65 Å². The van der Waals surface area contributed by atoms with Crippen LogP contribution >= 0.6 is 27.5 Å². The Morgan fingerprint density at radius 2 is 1.97 bits per heavy atom. The molecule has 0 unspecified atom stereocenters. The first-order valence-electron chi connectivity index (χ1n) is 10.1. The number of benzene rings is 3. The predicted octanol–water partition coefficient (Wildman–Crippen LogP) is 7.16. The third-order valence-corrected chi connectivity index (χ3v) is 5.60. The van der Waals surface area contributed by atoms with E-state index >= 15 is 0 Å². The van der Waals surface area contributed by atoms with E-state index in [4.69, 9.17) is 21.1 Å². The molecule has 0 aliphatic rings. The van der Waals surface area contributed by atoms with Gasteiger partial charge in [-0.15, -0.1) is 0 Å². The molecule has 1 N–H and O–H groups in total. The highest BCUT2D eigenvalue weighted by molar-refractivity contribution is 9.10. The molecule has 4 aromatic rings. The fourth-order valence-electron chi connectivity index (χ4n) is 3.24. The van der Waals surface area contributed by atoms with Crippen LogP contribution in [0.25, 0.3) is 22.7 Å².